The van der Waals surface area contributed by atoms with Gasteiger partial charge in [-0.15, -0.1) is 10.2 Å². The number of nitriles is 1. The normalized spacial score (nSPS) is 44.5. The molecule has 0 saturated heterocycles. The summed E-state index contributed by atoms with van der Waals surface area (Å²) >= 11 is 0. The van der Waals surface area contributed by atoms with Gasteiger partial charge in [0.25, 0.3) is 0 Å². The largest absolute Gasteiger partial charge is 0.424 e. The third kappa shape index (κ3) is 3.60. The van der Waals surface area contributed by atoms with E-state index in [0.29, 0.717) is 11.5 Å². The van der Waals surface area contributed by atoms with Gasteiger partial charge < -0.3 is 9.52 Å². The predicted molar refractivity (Wildman–Crippen MR) is 158 cm³/mol. The average Bonchev–Trinajstić information content (AvgIpc) is 3.39. The highest BCUT2D eigenvalue weighted by atomic mass is 16.4. The fourth-order valence-corrected chi connectivity index (χ4v) is 10.8. The maximum absolute atomic E-state index is 14.7. The lowest BCUT2D eigenvalue weighted by Crippen LogP contribution is -2.65. The standard InChI is InChI=1S/C35H49N3O3/c1-20(2)28-37-38-29(41-28)35-14-12-30(3,4)18-22(35)26-23(39)16-25-32(7)17-21(19-36)27(40)31(5,6)24(32)10-11-33(25,8)34(26,9)13-15-35/h16-17,20,22,24,26-27,40H,10-15,18H2,1-9H3/t22?,24-,26?,27?,32-,33+,34+,35-/m0/s1. The maximum Gasteiger partial charge on any atom is 0.222 e. The highest BCUT2D eigenvalue weighted by molar-refractivity contribution is 5.95. The molecule has 1 aromatic heterocycles. The number of aliphatic hydroxyl groups is 1. The molecule has 3 unspecified atom stereocenters. The van der Waals surface area contributed by atoms with Gasteiger partial charge in [0.15, 0.2) is 5.78 Å². The Balaban J connectivity index is 1.52. The van der Waals surface area contributed by atoms with Crippen molar-refractivity contribution in [3.8, 4) is 6.07 Å². The van der Waals surface area contributed by atoms with Gasteiger partial charge in [0.05, 0.1) is 23.2 Å². The summed E-state index contributed by atoms with van der Waals surface area (Å²) in [7, 11) is 0. The molecule has 41 heavy (non-hydrogen) atoms. The Bertz CT molecular complexity index is 1390. The van der Waals surface area contributed by atoms with E-state index in [0.717, 1.165) is 50.8 Å². The number of hydrogen-bond acceptors (Lipinski definition) is 6. The van der Waals surface area contributed by atoms with Crippen molar-refractivity contribution in [2.24, 2.45) is 44.8 Å². The van der Waals surface area contributed by atoms with Crippen molar-refractivity contribution in [3.05, 3.63) is 35.1 Å². The number of rotatable bonds is 2. The molecule has 1 N–H and O–H groups in total. The minimum Gasteiger partial charge on any atom is -0.424 e. The highest BCUT2D eigenvalue weighted by Crippen LogP contribution is 2.74. The molecule has 6 rings (SSSR count). The molecule has 6 nitrogen and oxygen atoms in total. The van der Waals surface area contributed by atoms with Crippen LogP contribution >= 0.6 is 0 Å². The van der Waals surface area contributed by atoms with Crippen LogP contribution in [0.5, 0.6) is 0 Å². The molecule has 5 aliphatic rings. The first-order valence-corrected chi connectivity index (χ1v) is 15.9. The predicted octanol–water partition coefficient (Wildman–Crippen LogP) is 7.46. The molecule has 6 heteroatoms. The van der Waals surface area contributed by atoms with Crippen molar-refractivity contribution in [3.63, 3.8) is 0 Å². The van der Waals surface area contributed by atoms with Crippen LogP contribution in [0.3, 0.4) is 0 Å². The van der Waals surface area contributed by atoms with E-state index in [1.54, 1.807) is 0 Å². The highest BCUT2D eigenvalue weighted by Gasteiger charge is 2.70. The second-order valence-electron chi connectivity index (χ2n) is 16.7. The Morgan fingerprint density at radius 3 is 2.34 bits per heavy atom. The van der Waals surface area contributed by atoms with Gasteiger partial charge in [-0.3, -0.25) is 4.79 Å². The number of fused-ring (bicyclic) bond motifs is 7. The van der Waals surface area contributed by atoms with Gasteiger partial charge in [-0.25, -0.2) is 0 Å². The van der Waals surface area contributed by atoms with Gasteiger partial charge in [-0.1, -0.05) is 74.0 Å². The molecule has 0 radical (unpaired) electrons. The number of nitrogens with zero attached hydrogens (tertiary/aromatic N) is 3. The van der Waals surface area contributed by atoms with E-state index in [1.807, 2.05) is 12.2 Å². The molecule has 8 atom stereocenters. The van der Waals surface area contributed by atoms with Gasteiger partial charge in [0, 0.05) is 17.3 Å². The number of hydrogen-bond donors (Lipinski definition) is 1. The van der Waals surface area contributed by atoms with E-state index in [-0.39, 0.29) is 51.1 Å². The second kappa shape index (κ2) is 8.65. The van der Waals surface area contributed by atoms with Crippen LogP contribution < -0.4 is 0 Å². The lowest BCUT2D eigenvalue weighted by molar-refractivity contribution is -0.162. The van der Waals surface area contributed by atoms with Gasteiger partial charge in [0.2, 0.25) is 11.8 Å². The number of aliphatic hydroxyl groups excluding tert-OH is 1. The first-order valence-electron chi connectivity index (χ1n) is 15.9. The van der Waals surface area contributed by atoms with Crippen LogP contribution in [0.25, 0.3) is 0 Å². The number of allylic oxidation sites excluding steroid dienone is 3. The van der Waals surface area contributed by atoms with Crippen LogP contribution in [0.2, 0.25) is 0 Å². The molecule has 3 saturated carbocycles. The Morgan fingerprint density at radius 1 is 1.02 bits per heavy atom. The lowest BCUT2D eigenvalue weighted by Gasteiger charge is -2.69. The van der Waals surface area contributed by atoms with Crippen molar-refractivity contribution in [1.29, 1.82) is 5.26 Å². The first kappa shape index (κ1) is 28.8. The minimum absolute atomic E-state index is 0.124. The van der Waals surface area contributed by atoms with E-state index < -0.39 is 16.9 Å². The van der Waals surface area contributed by atoms with Crippen LogP contribution in [0, 0.1) is 56.2 Å². The number of ketones is 1. The van der Waals surface area contributed by atoms with Crippen LogP contribution in [-0.2, 0) is 10.2 Å². The van der Waals surface area contributed by atoms with Crippen LogP contribution in [0.1, 0.15) is 125 Å². The number of carbonyl (C=O) groups is 1. The van der Waals surface area contributed by atoms with Crippen molar-refractivity contribution in [2.45, 2.75) is 125 Å². The molecule has 222 valence electrons. The Morgan fingerprint density at radius 2 is 1.71 bits per heavy atom. The summed E-state index contributed by atoms with van der Waals surface area (Å²) in [6.45, 7) is 20.1. The molecule has 1 heterocycles. The summed E-state index contributed by atoms with van der Waals surface area (Å²) in [5, 5.41) is 30.3. The van der Waals surface area contributed by atoms with Crippen molar-refractivity contribution in [1.82, 2.24) is 10.2 Å². The van der Waals surface area contributed by atoms with Crippen LogP contribution in [0.4, 0.5) is 0 Å². The van der Waals surface area contributed by atoms with Crippen molar-refractivity contribution in [2.75, 3.05) is 0 Å². The molecule has 5 aliphatic carbocycles. The summed E-state index contributed by atoms with van der Waals surface area (Å²) in [4.78, 5) is 14.7. The number of aromatic nitrogens is 2. The van der Waals surface area contributed by atoms with Crippen LogP contribution in [0.15, 0.2) is 27.7 Å². The molecular weight excluding hydrogens is 510 g/mol. The zero-order valence-corrected chi connectivity index (χ0v) is 26.6. The van der Waals surface area contributed by atoms with Crippen LogP contribution in [-0.4, -0.2) is 27.2 Å². The van der Waals surface area contributed by atoms with E-state index in [1.165, 1.54) is 5.57 Å². The van der Waals surface area contributed by atoms with E-state index >= 15 is 0 Å². The second-order valence-corrected chi connectivity index (χ2v) is 16.7. The van der Waals surface area contributed by atoms with E-state index in [2.05, 4.69) is 78.6 Å². The molecular formula is C35H49N3O3. The quantitative estimate of drug-likeness (QED) is 0.404. The summed E-state index contributed by atoms with van der Waals surface area (Å²) < 4.78 is 6.43. The molecule has 1 aromatic rings. The topological polar surface area (TPSA) is 100 Å². The zero-order chi connectivity index (χ0) is 30.0. The number of carbonyl (C=O) groups excluding carboxylic acids is 1. The summed E-state index contributed by atoms with van der Waals surface area (Å²) in [5.74, 6) is 1.99. The van der Waals surface area contributed by atoms with Gasteiger partial charge >= 0.3 is 0 Å². The fourth-order valence-electron chi connectivity index (χ4n) is 10.8. The third-order valence-electron chi connectivity index (χ3n) is 13.4. The van der Waals surface area contributed by atoms with Crippen molar-refractivity contribution < 1.29 is 14.3 Å². The zero-order valence-electron chi connectivity index (χ0n) is 26.6. The SMILES string of the molecule is CC(C)c1nnc([C@]23CCC(C)(C)CC2C2C(=O)C=C4[C@@]5(C)C=C(C#N)C(O)C(C)(C)[C@@H]5CC[C@@]4(C)[C@]2(C)CC3)o1. The van der Waals surface area contributed by atoms with Gasteiger partial charge in [-0.05, 0) is 84.5 Å². The smallest absolute Gasteiger partial charge is 0.222 e. The summed E-state index contributed by atoms with van der Waals surface area (Å²) in [5.41, 5.74) is 0.137. The average molecular weight is 560 g/mol. The first-order chi connectivity index (χ1) is 19.0. The maximum atomic E-state index is 14.7. The molecule has 0 bridgehead atoms. The summed E-state index contributed by atoms with van der Waals surface area (Å²) in [6.07, 6.45) is 10.1. The molecule has 0 aliphatic heterocycles. The molecule has 0 amide bonds. The monoisotopic (exact) mass is 559 g/mol. The molecule has 0 aromatic carbocycles. The Kier molecular flexibility index (Phi) is 6.08. The fraction of sp³-hybridized carbons (Fsp3) is 0.771. The lowest BCUT2D eigenvalue weighted by atomic mass is 9.34. The van der Waals surface area contributed by atoms with Gasteiger partial charge in [-0.2, -0.15) is 5.26 Å². The minimum atomic E-state index is -0.789. The Hall–Kier alpha value is -2.26. The third-order valence-corrected chi connectivity index (χ3v) is 13.4. The molecule has 3 fully saturated rings. The van der Waals surface area contributed by atoms with Gasteiger partial charge in [0.1, 0.15) is 0 Å². The Labute approximate surface area is 246 Å². The van der Waals surface area contributed by atoms with E-state index in [4.69, 9.17) is 4.42 Å². The summed E-state index contributed by atoms with van der Waals surface area (Å²) in [6, 6.07) is 2.31. The van der Waals surface area contributed by atoms with E-state index in [9.17, 15) is 15.2 Å². The molecule has 0 spiro atoms. The van der Waals surface area contributed by atoms with Crippen molar-refractivity contribution >= 4 is 5.78 Å².